The zero-order valence-corrected chi connectivity index (χ0v) is 11.4. The van der Waals surface area contributed by atoms with Crippen molar-refractivity contribution in [3.05, 3.63) is 48.0 Å². The third-order valence-corrected chi connectivity index (χ3v) is 3.15. The molecule has 20 heavy (non-hydrogen) atoms. The minimum absolute atomic E-state index is 0.0444. The molecule has 2 heterocycles. The first-order valence-corrected chi connectivity index (χ1v) is 6.78. The van der Waals surface area contributed by atoms with Crippen molar-refractivity contribution in [3.63, 3.8) is 0 Å². The lowest BCUT2D eigenvalue weighted by molar-refractivity contribution is 0.171. The Morgan fingerprint density at radius 1 is 1.15 bits per heavy atom. The van der Waals surface area contributed by atoms with Gasteiger partial charge in [0.15, 0.2) is 11.5 Å². The molecule has 1 unspecified atom stereocenters. The molecule has 0 radical (unpaired) electrons. The molecule has 1 N–H and O–H groups in total. The van der Waals surface area contributed by atoms with Gasteiger partial charge in [-0.1, -0.05) is 13.0 Å². The third kappa shape index (κ3) is 2.58. The predicted octanol–water partition coefficient (Wildman–Crippen LogP) is 1.95. The van der Waals surface area contributed by atoms with E-state index in [0.29, 0.717) is 13.2 Å². The SMILES string of the molecule is CCNC(c1ccc2c(c1)OCCO2)c1ncccn1. The zero-order chi connectivity index (χ0) is 13.8. The molecule has 0 amide bonds. The molecule has 0 saturated carbocycles. The van der Waals surface area contributed by atoms with Gasteiger partial charge in [0.2, 0.25) is 0 Å². The average Bonchev–Trinajstić information content (AvgIpc) is 2.53. The molecule has 5 nitrogen and oxygen atoms in total. The maximum atomic E-state index is 5.63. The lowest BCUT2D eigenvalue weighted by atomic mass is 10.0. The quantitative estimate of drug-likeness (QED) is 0.921. The molecule has 2 aromatic rings. The predicted molar refractivity (Wildman–Crippen MR) is 75.0 cm³/mol. The fourth-order valence-corrected chi connectivity index (χ4v) is 2.26. The lowest BCUT2D eigenvalue weighted by Crippen LogP contribution is -2.24. The van der Waals surface area contributed by atoms with Crippen LogP contribution < -0.4 is 14.8 Å². The number of ether oxygens (including phenoxy) is 2. The lowest BCUT2D eigenvalue weighted by Gasteiger charge is -2.22. The number of nitrogens with one attached hydrogen (secondary N) is 1. The van der Waals surface area contributed by atoms with E-state index in [0.717, 1.165) is 29.4 Å². The Kier molecular flexibility index (Phi) is 3.78. The van der Waals surface area contributed by atoms with Gasteiger partial charge in [-0.2, -0.15) is 0 Å². The van der Waals surface area contributed by atoms with Crippen LogP contribution >= 0.6 is 0 Å². The number of rotatable bonds is 4. The third-order valence-electron chi connectivity index (χ3n) is 3.15. The molecule has 1 aliphatic heterocycles. The van der Waals surface area contributed by atoms with E-state index >= 15 is 0 Å². The van der Waals surface area contributed by atoms with Gasteiger partial charge in [0.1, 0.15) is 19.0 Å². The van der Waals surface area contributed by atoms with Crippen LogP contribution in [0.1, 0.15) is 24.4 Å². The van der Waals surface area contributed by atoms with Crippen molar-refractivity contribution >= 4 is 0 Å². The van der Waals surface area contributed by atoms with Crippen LogP contribution in [0.5, 0.6) is 11.5 Å². The molecule has 0 spiro atoms. The highest BCUT2D eigenvalue weighted by molar-refractivity contribution is 5.45. The summed E-state index contributed by atoms with van der Waals surface area (Å²) in [6.07, 6.45) is 3.51. The number of nitrogens with zero attached hydrogens (tertiary/aromatic N) is 2. The van der Waals surface area contributed by atoms with Gasteiger partial charge in [-0.25, -0.2) is 9.97 Å². The number of hydrogen-bond donors (Lipinski definition) is 1. The van der Waals surface area contributed by atoms with Crippen molar-refractivity contribution in [3.8, 4) is 11.5 Å². The van der Waals surface area contributed by atoms with E-state index in [-0.39, 0.29) is 6.04 Å². The number of hydrogen-bond acceptors (Lipinski definition) is 5. The second-order valence-electron chi connectivity index (χ2n) is 4.50. The fourth-order valence-electron chi connectivity index (χ4n) is 2.26. The van der Waals surface area contributed by atoms with E-state index < -0.39 is 0 Å². The molecule has 1 aromatic heterocycles. The minimum Gasteiger partial charge on any atom is -0.486 e. The molecule has 3 rings (SSSR count). The normalized spacial score (nSPS) is 14.8. The summed E-state index contributed by atoms with van der Waals surface area (Å²) in [4.78, 5) is 8.68. The molecule has 0 bridgehead atoms. The number of fused-ring (bicyclic) bond motifs is 1. The zero-order valence-electron chi connectivity index (χ0n) is 11.4. The Bertz CT molecular complexity index is 575. The Morgan fingerprint density at radius 3 is 2.65 bits per heavy atom. The summed E-state index contributed by atoms with van der Waals surface area (Å²) in [7, 11) is 0. The minimum atomic E-state index is -0.0444. The Hall–Kier alpha value is -2.14. The van der Waals surface area contributed by atoms with E-state index in [4.69, 9.17) is 9.47 Å². The highest BCUT2D eigenvalue weighted by Gasteiger charge is 2.19. The standard InChI is InChI=1S/C15H17N3O2/c1-2-16-14(15-17-6-3-7-18-15)11-4-5-12-13(10-11)20-9-8-19-12/h3-7,10,14,16H,2,8-9H2,1H3. The summed E-state index contributed by atoms with van der Waals surface area (Å²) in [6, 6.07) is 7.74. The molecular weight excluding hydrogens is 254 g/mol. The molecule has 1 aliphatic rings. The van der Waals surface area contributed by atoms with Crippen LogP contribution in [-0.4, -0.2) is 29.7 Å². The van der Waals surface area contributed by atoms with E-state index in [1.54, 1.807) is 12.4 Å². The van der Waals surface area contributed by atoms with E-state index in [1.165, 1.54) is 0 Å². The molecule has 0 saturated heterocycles. The van der Waals surface area contributed by atoms with E-state index in [2.05, 4.69) is 22.2 Å². The van der Waals surface area contributed by atoms with Gasteiger partial charge in [-0.05, 0) is 30.3 Å². The smallest absolute Gasteiger partial charge is 0.161 e. The Balaban J connectivity index is 1.95. The second-order valence-corrected chi connectivity index (χ2v) is 4.50. The Labute approximate surface area is 118 Å². The maximum absolute atomic E-state index is 5.63. The van der Waals surface area contributed by atoms with Gasteiger partial charge in [-0.3, -0.25) is 0 Å². The first kappa shape index (κ1) is 12.9. The van der Waals surface area contributed by atoms with Crippen molar-refractivity contribution in [1.29, 1.82) is 0 Å². The first-order valence-electron chi connectivity index (χ1n) is 6.78. The van der Waals surface area contributed by atoms with E-state index in [9.17, 15) is 0 Å². The largest absolute Gasteiger partial charge is 0.486 e. The van der Waals surface area contributed by atoms with Crippen LogP contribution in [0.3, 0.4) is 0 Å². The van der Waals surface area contributed by atoms with Crippen molar-refractivity contribution in [2.45, 2.75) is 13.0 Å². The molecule has 0 aliphatic carbocycles. The number of aromatic nitrogens is 2. The van der Waals surface area contributed by atoms with Crippen molar-refractivity contribution < 1.29 is 9.47 Å². The molecule has 1 atom stereocenters. The highest BCUT2D eigenvalue weighted by Crippen LogP contribution is 2.33. The topological polar surface area (TPSA) is 56.3 Å². The second kappa shape index (κ2) is 5.88. The van der Waals surface area contributed by atoms with Crippen LogP contribution in [0.25, 0.3) is 0 Å². The van der Waals surface area contributed by atoms with Crippen molar-refractivity contribution in [2.24, 2.45) is 0 Å². The monoisotopic (exact) mass is 271 g/mol. The summed E-state index contributed by atoms with van der Waals surface area (Å²) in [5.41, 5.74) is 1.07. The molecular formula is C15H17N3O2. The van der Waals surface area contributed by atoms with Gasteiger partial charge in [-0.15, -0.1) is 0 Å². The van der Waals surface area contributed by atoms with Gasteiger partial charge >= 0.3 is 0 Å². The van der Waals surface area contributed by atoms with Crippen LogP contribution in [0, 0.1) is 0 Å². The van der Waals surface area contributed by atoms with Crippen molar-refractivity contribution in [2.75, 3.05) is 19.8 Å². The fraction of sp³-hybridized carbons (Fsp3) is 0.333. The van der Waals surface area contributed by atoms with Crippen LogP contribution in [0.4, 0.5) is 0 Å². The summed E-state index contributed by atoms with van der Waals surface area (Å²) >= 11 is 0. The molecule has 1 aromatic carbocycles. The molecule has 104 valence electrons. The van der Waals surface area contributed by atoms with Crippen molar-refractivity contribution in [1.82, 2.24) is 15.3 Å². The molecule has 5 heteroatoms. The highest BCUT2D eigenvalue weighted by atomic mass is 16.6. The number of benzene rings is 1. The first-order chi connectivity index (χ1) is 9.88. The maximum Gasteiger partial charge on any atom is 0.161 e. The van der Waals surface area contributed by atoms with Crippen LogP contribution in [0.2, 0.25) is 0 Å². The summed E-state index contributed by atoms with van der Waals surface area (Å²) in [6.45, 7) is 4.08. The summed E-state index contributed by atoms with van der Waals surface area (Å²) in [5, 5.41) is 3.40. The van der Waals surface area contributed by atoms with Crippen LogP contribution in [0.15, 0.2) is 36.7 Å². The van der Waals surface area contributed by atoms with Gasteiger partial charge in [0.05, 0.1) is 6.04 Å². The van der Waals surface area contributed by atoms with Crippen LogP contribution in [-0.2, 0) is 0 Å². The van der Waals surface area contributed by atoms with Gasteiger partial charge < -0.3 is 14.8 Å². The van der Waals surface area contributed by atoms with Gasteiger partial charge in [0, 0.05) is 12.4 Å². The Morgan fingerprint density at radius 2 is 1.90 bits per heavy atom. The summed E-state index contributed by atoms with van der Waals surface area (Å²) in [5.74, 6) is 2.34. The average molecular weight is 271 g/mol. The summed E-state index contributed by atoms with van der Waals surface area (Å²) < 4.78 is 11.2. The van der Waals surface area contributed by atoms with E-state index in [1.807, 2.05) is 24.3 Å². The van der Waals surface area contributed by atoms with Gasteiger partial charge in [0.25, 0.3) is 0 Å². The molecule has 0 fully saturated rings.